The highest BCUT2D eigenvalue weighted by Crippen LogP contribution is 2.53. The molecule has 0 saturated carbocycles. The van der Waals surface area contributed by atoms with E-state index in [4.69, 9.17) is 33.2 Å². The number of nitrogens with zero attached hydrogens (tertiary/aromatic N) is 5. The Bertz CT molecular complexity index is 2510. The summed E-state index contributed by atoms with van der Waals surface area (Å²) in [5, 5.41) is 1.95. The molecule has 7 nitrogen and oxygen atoms in total. The van der Waals surface area contributed by atoms with E-state index in [0.29, 0.717) is 0 Å². The van der Waals surface area contributed by atoms with E-state index < -0.39 is 9.87 Å². The Labute approximate surface area is 319 Å². The second kappa shape index (κ2) is 12.9. The number of hydrogen-bond donors (Lipinski definition) is 2. The van der Waals surface area contributed by atoms with Crippen molar-refractivity contribution in [2.24, 2.45) is 9.98 Å². The zero-order valence-electron chi connectivity index (χ0n) is 29.8. The number of hydrogen-bond acceptors (Lipinski definition) is 5. The van der Waals surface area contributed by atoms with E-state index in [1.54, 1.807) is 0 Å². The second-order valence-electron chi connectivity index (χ2n) is 14.2. The van der Waals surface area contributed by atoms with Crippen LogP contribution in [0.3, 0.4) is 0 Å². The molecule has 3 aromatic rings. The van der Waals surface area contributed by atoms with Crippen molar-refractivity contribution in [3.8, 4) is 0 Å². The fraction of sp³-hybridized carbons (Fsp3) is 0.182. The summed E-state index contributed by atoms with van der Waals surface area (Å²) in [6.07, 6.45) is 27.6. The third-order valence-electron chi connectivity index (χ3n) is 10.5. The molecule has 6 aliphatic rings. The molecule has 0 radical (unpaired) electrons. The summed E-state index contributed by atoms with van der Waals surface area (Å²) in [4.78, 5) is 22.1. The number of halogens is 2. The van der Waals surface area contributed by atoms with Gasteiger partial charge in [0.15, 0.2) is 9.87 Å². The summed E-state index contributed by atoms with van der Waals surface area (Å²) in [6, 6.07) is 18.5. The van der Waals surface area contributed by atoms with Crippen molar-refractivity contribution >= 4 is 45.8 Å². The number of likely N-dealkylation sites (N-methyl/N-ethyl adjacent to an activating group) is 3. The number of rotatable bonds is 4. The molecular weight excluding hydrogens is 697 g/mol. The lowest BCUT2D eigenvalue weighted by Crippen LogP contribution is -2.41. The van der Waals surface area contributed by atoms with Crippen molar-refractivity contribution in [1.29, 1.82) is 0 Å². The molecule has 2 aromatic heterocycles. The molecular formula is C44H39Cl2N7. The number of aromatic nitrogens is 2. The normalized spacial score (nSPS) is 24.9. The number of aliphatic imine (C=N–C) groups is 2. The molecule has 53 heavy (non-hydrogen) atoms. The fourth-order valence-electron chi connectivity index (χ4n) is 7.67. The van der Waals surface area contributed by atoms with Crippen LogP contribution in [0.5, 0.6) is 0 Å². The Balaban J connectivity index is 1.38. The Morgan fingerprint density at radius 1 is 0.604 bits per heavy atom. The quantitative estimate of drug-likeness (QED) is 0.236. The van der Waals surface area contributed by atoms with Crippen LogP contribution in [0.4, 0.5) is 0 Å². The number of nitrogens with one attached hydrogen (secondary N) is 2. The summed E-state index contributed by atoms with van der Waals surface area (Å²) >= 11 is 15.8. The highest BCUT2D eigenvalue weighted by Gasteiger charge is 2.53. The maximum absolute atomic E-state index is 7.98. The number of aromatic amines is 2. The first-order valence-electron chi connectivity index (χ1n) is 17.8. The van der Waals surface area contributed by atoms with Crippen molar-refractivity contribution in [1.82, 2.24) is 24.7 Å². The van der Waals surface area contributed by atoms with Gasteiger partial charge in [-0.3, -0.25) is 4.99 Å². The van der Waals surface area contributed by atoms with E-state index in [9.17, 15) is 0 Å². The third kappa shape index (κ3) is 5.66. The van der Waals surface area contributed by atoms with Gasteiger partial charge < -0.3 is 24.7 Å². The van der Waals surface area contributed by atoms with Gasteiger partial charge in [0.05, 0.1) is 17.1 Å². The molecule has 2 unspecified atom stereocenters. The van der Waals surface area contributed by atoms with Gasteiger partial charge in [0.2, 0.25) is 0 Å². The first-order valence-corrected chi connectivity index (χ1v) is 18.6. The zero-order chi connectivity index (χ0) is 36.3. The minimum Gasteiger partial charge on any atom is -0.377 e. The van der Waals surface area contributed by atoms with E-state index in [1.165, 1.54) is 0 Å². The highest BCUT2D eigenvalue weighted by molar-refractivity contribution is 6.39. The molecule has 6 aliphatic heterocycles. The van der Waals surface area contributed by atoms with E-state index in [0.717, 1.165) is 97.8 Å². The summed E-state index contributed by atoms with van der Waals surface area (Å²) < 4.78 is 0. The van der Waals surface area contributed by atoms with Gasteiger partial charge >= 0.3 is 0 Å². The van der Waals surface area contributed by atoms with Crippen LogP contribution in [0.25, 0.3) is 11.1 Å². The van der Waals surface area contributed by atoms with Crippen molar-refractivity contribution in [2.75, 3.05) is 40.8 Å². The standard InChI is InChI=1S/C44H39Cl2N7/c1-51-23-16-29(17-24-51)40-33-9-10-35(47-33)41(30-18-25-52(2)26-19-30)37-13-14-39(49-37)44(46,32-7-5-4-6-8-32)43(45)22-15-38(50-43)42(36-12-11-34(40)48-36)31-20-27-53(3)28-21-31/h4-23,25,27,47,49H,24,26,28H2,1-3H3. The van der Waals surface area contributed by atoms with Crippen molar-refractivity contribution in [2.45, 2.75) is 9.87 Å². The summed E-state index contributed by atoms with van der Waals surface area (Å²) in [5.41, 5.74) is 11.1. The first-order chi connectivity index (χ1) is 25.7. The van der Waals surface area contributed by atoms with Crippen LogP contribution in [0.2, 0.25) is 0 Å². The van der Waals surface area contributed by atoms with Crippen LogP contribution in [0, 0.1) is 0 Å². The van der Waals surface area contributed by atoms with Gasteiger partial charge in [0.25, 0.3) is 0 Å². The largest absolute Gasteiger partial charge is 0.377 e. The number of allylic oxidation sites excluding steroid dienone is 10. The Morgan fingerprint density at radius 3 is 1.83 bits per heavy atom. The molecule has 8 bridgehead atoms. The third-order valence-corrected chi connectivity index (χ3v) is 11.8. The minimum absolute atomic E-state index is 0.723. The Kier molecular flexibility index (Phi) is 8.09. The van der Waals surface area contributed by atoms with Gasteiger partial charge in [0.1, 0.15) is 0 Å². The molecule has 2 N–H and O–H groups in total. The number of fused-ring (bicyclic) bond motifs is 6. The summed E-state index contributed by atoms with van der Waals surface area (Å²) in [6.45, 7) is 2.35. The molecule has 2 atom stereocenters. The maximum Gasteiger partial charge on any atom is 0.181 e. The molecule has 0 saturated heterocycles. The molecule has 8 heterocycles. The molecule has 9 heteroatoms. The first kappa shape index (κ1) is 33.3. The molecule has 0 fully saturated rings. The highest BCUT2D eigenvalue weighted by atomic mass is 35.5. The zero-order valence-corrected chi connectivity index (χ0v) is 31.3. The van der Waals surface area contributed by atoms with Crippen LogP contribution >= 0.6 is 23.2 Å². The monoisotopic (exact) mass is 735 g/mol. The van der Waals surface area contributed by atoms with E-state index >= 15 is 0 Å². The van der Waals surface area contributed by atoms with E-state index in [-0.39, 0.29) is 0 Å². The predicted molar refractivity (Wildman–Crippen MR) is 218 cm³/mol. The average molecular weight is 737 g/mol. The maximum atomic E-state index is 7.98. The van der Waals surface area contributed by atoms with Gasteiger partial charge in [-0.25, -0.2) is 4.99 Å². The second-order valence-corrected chi connectivity index (χ2v) is 15.3. The van der Waals surface area contributed by atoms with Crippen LogP contribution in [0.15, 0.2) is 172 Å². The lowest BCUT2D eigenvalue weighted by atomic mass is 9.87. The van der Waals surface area contributed by atoms with Crippen molar-refractivity contribution < 1.29 is 0 Å². The lowest BCUT2D eigenvalue weighted by molar-refractivity contribution is 0.503. The van der Waals surface area contributed by atoms with Gasteiger partial charge in [-0.15, -0.1) is 11.6 Å². The van der Waals surface area contributed by atoms with Gasteiger partial charge in [-0.05, 0) is 108 Å². The number of benzene rings is 1. The summed E-state index contributed by atoms with van der Waals surface area (Å²) in [5.74, 6) is 0. The average Bonchev–Trinajstić information content (AvgIpc) is 4.01. The van der Waals surface area contributed by atoms with Crippen molar-refractivity contribution in [3.05, 3.63) is 190 Å². The van der Waals surface area contributed by atoms with Gasteiger partial charge in [-0.2, -0.15) is 0 Å². The minimum atomic E-state index is -1.38. The molecule has 264 valence electrons. The smallest absolute Gasteiger partial charge is 0.181 e. The number of alkyl halides is 2. The summed E-state index contributed by atoms with van der Waals surface area (Å²) in [7, 11) is 6.22. The van der Waals surface area contributed by atoms with E-state index in [2.05, 4.69) is 131 Å². The van der Waals surface area contributed by atoms with Crippen LogP contribution < -0.4 is 10.7 Å². The molecule has 0 spiro atoms. The van der Waals surface area contributed by atoms with Gasteiger partial charge in [-0.1, -0.05) is 60.2 Å². The van der Waals surface area contributed by atoms with Gasteiger partial charge in [0, 0.05) is 79.6 Å². The Hall–Kier alpha value is -5.50. The van der Waals surface area contributed by atoms with Crippen LogP contribution in [-0.2, 0) is 4.87 Å². The molecule has 0 aliphatic carbocycles. The van der Waals surface area contributed by atoms with Crippen LogP contribution in [0.1, 0.15) is 17.0 Å². The fourth-order valence-corrected chi connectivity index (χ4v) is 8.38. The van der Waals surface area contributed by atoms with E-state index in [1.807, 2.05) is 48.6 Å². The number of H-pyrrole nitrogens is 2. The topological polar surface area (TPSA) is 66.0 Å². The molecule has 1 aromatic carbocycles. The molecule has 0 amide bonds. The lowest BCUT2D eigenvalue weighted by Gasteiger charge is -2.37. The SMILES string of the molecule is CN1C=CC(C2=C3C=CC(=N3)C(C3=CCN(C)C=C3)=c3ccc([nH]3)=C(C3=CCN(C)C=C3)c3ccc([nH]3)C(Cl)(c3ccccc3)C3(Cl)C=CC2=N3)=CC1. The van der Waals surface area contributed by atoms with Crippen molar-refractivity contribution in [3.63, 3.8) is 0 Å². The molecule has 9 rings (SSSR count). The van der Waals surface area contributed by atoms with Crippen LogP contribution in [-0.4, -0.2) is 81.9 Å². The Morgan fingerprint density at radius 2 is 1.21 bits per heavy atom. The predicted octanol–water partition coefficient (Wildman–Crippen LogP) is 6.56.